The van der Waals surface area contributed by atoms with Crippen molar-refractivity contribution in [3.63, 3.8) is 0 Å². The van der Waals surface area contributed by atoms with Crippen molar-refractivity contribution in [2.75, 3.05) is 20.1 Å². The Hall–Kier alpha value is -3.53. The number of carbonyl (C=O) groups is 2. The van der Waals surface area contributed by atoms with E-state index in [-0.39, 0.29) is 36.1 Å². The highest BCUT2D eigenvalue weighted by molar-refractivity contribution is 5.78. The number of hydrogen-bond acceptors (Lipinski definition) is 7. The minimum atomic E-state index is -0.968. The molecule has 1 amide bonds. The van der Waals surface area contributed by atoms with E-state index in [9.17, 15) is 24.1 Å². The highest BCUT2D eigenvalue weighted by atomic mass is 19.1. The standard InChI is InChI=1S/C19H18FN3O6/c1-21-11-17(12-22(21)18(24)10-13-2-4-14(20)5-3-13)29-19(25)28-16-8-6-15(7-9-16)23(26)27/h2-9,17H,10-12H2,1H3. The average molecular weight is 403 g/mol. The average Bonchev–Trinajstić information content (AvgIpc) is 3.04. The quantitative estimate of drug-likeness (QED) is 0.327. The van der Waals surface area contributed by atoms with Crippen LogP contribution < -0.4 is 4.74 Å². The van der Waals surface area contributed by atoms with Crippen LogP contribution in [0.25, 0.3) is 0 Å². The maximum atomic E-state index is 13.0. The number of amides is 1. The van der Waals surface area contributed by atoms with Gasteiger partial charge in [0.15, 0.2) is 0 Å². The van der Waals surface area contributed by atoms with Gasteiger partial charge in [-0.25, -0.2) is 14.2 Å². The van der Waals surface area contributed by atoms with Crippen molar-refractivity contribution in [2.45, 2.75) is 12.5 Å². The summed E-state index contributed by atoms with van der Waals surface area (Å²) < 4.78 is 23.2. The number of hydrazine groups is 1. The molecule has 2 aromatic carbocycles. The molecule has 1 saturated heterocycles. The predicted molar refractivity (Wildman–Crippen MR) is 98.4 cm³/mol. The number of nitro benzene ring substituents is 1. The second kappa shape index (κ2) is 8.65. The Kier molecular flexibility index (Phi) is 6.03. The summed E-state index contributed by atoms with van der Waals surface area (Å²) in [5.74, 6) is -0.482. The van der Waals surface area contributed by atoms with Crippen molar-refractivity contribution in [3.8, 4) is 5.75 Å². The van der Waals surface area contributed by atoms with E-state index in [4.69, 9.17) is 9.47 Å². The van der Waals surface area contributed by atoms with E-state index in [1.165, 1.54) is 41.4 Å². The van der Waals surface area contributed by atoms with Crippen molar-refractivity contribution in [1.29, 1.82) is 0 Å². The first-order valence-electron chi connectivity index (χ1n) is 8.70. The molecule has 1 fully saturated rings. The maximum Gasteiger partial charge on any atom is 0.514 e. The lowest BCUT2D eigenvalue weighted by atomic mass is 10.1. The zero-order valence-electron chi connectivity index (χ0n) is 15.5. The third kappa shape index (κ3) is 5.26. The van der Waals surface area contributed by atoms with Gasteiger partial charge in [0.2, 0.25) is 5.91 Å². The number of benzene rings is 2. The molecule has 1 aliphatic rings. The van der Waals surface area contributed by atoms with Crippen LogP contribution in [-0.4, -0.2) is 53.2 Å². The van der Waals surface area contributed by atoms with E-state index in [2.05, 4.69) is 0 Å². The zero-order valence-corrected chi connectivity index (χ0v) is 15.5. The molecular formula is C19H18FN3O6. The first-order chi connectivity index (χ1) is 13.8. The Labute approximate surface area is 165 Å². The minimum absolute atomic E-state index is 0.0879. The van der Waals surface area contributed by atoms with Gasteiger partial charge >= 0.3 is 6.16 Å². The van der Waals surface area contributed by atoms with Gasteiger partial charge in [0.05, 0.1) is 24.4 Å². The van der Waals surface area contributed by atoms with Crippen LogP contribution in [0.15, 0.2) is 48.5 Å². The molecule has 1 aliphatic heterocycles. The normalized spacial score (nSPS) is 16.5. The fourth-order valence-corrected chi connectivity index (χ4v) is 2.91. The molecule has 0 bridgehead atoms. The van der Waals surface area contributed by atoms with Crippen molar-refractivity contribution >= 4 is 17.7 Å². The van der Waals surface area contributed by atoms with Crippen LogP contribution in [0.4, 0.5) is 14.9 Å². The van der Waals surface area contributed by atoms with Gasteiger partial charge in [0.1, 0.15) is 17.7 Å². The van der Waals surface area contributed by atoms with E-state index in [1.807, 2.05) is 0 Å². The lowest BCUT2D eigenvalue weighted by molar-refractivity contribution is -0.384. The van der Waals surface area contributed by atoms with Crippen molar-refractivity contribution in [2.24, 2.45) is 0 Å². The lowest BCUT2D eigenvalue weighted by Crippen LogP contribution is -2.39. The molecule has 0 aliphatic carbocycles. The largest absolute Gasteiger partial charge is 0.514 e. The summed E-state index contributed by atoms with van der Waals surface area (Å²) in [5, 5.41) is 13.7. The molecular weight excluding hydrogens is 385 g/mol. The minimum Gasteiger partial charge on any atom is -0.427 e. The summed E-state index contributed by atoms with van der Waals surface area (Å²) in [4.78, 5) is 34.5. The van der Waals surface area contributed by atoms with E-state index in [1.54, 1.807) is 24.2 Å². The van der Waals surface area contributed by atoms with Gasteiger partial charge in [-0.2, -0.15) is 0 Å². The molecule has 3 rings (SSSR count). The summed E-state index contributed by atoms with van der Waals surface area (Å²) in [7, 11) is 1.69. The smallest absolute Gasteiger partial charge is 0.427 e. The van der Waals surface area contributed by atoms with Crippen LogP contribution in [0, 0.1) is 15.9 Å². The fourth-order valence-electron chi connectivity index (χ4n) is 2.91. The molecule has 0 saturated carbocycles. The number of nitro groups is 1. The molecule has 1 atom stereocenters. The van der Waals surface area contributed by atoms with Gasteiger partial charge in [-0.05, 0) is 29.8 Å². The Balaban J connectivity index is 1.52. The number of non-ortho nitro benzene ring substituents is 1. The molecule has 0 aromatic heterocycles. The van der Waals surface area contributed by atoms with Crippen molar-refractivity contribution < 1.29 is 28.4 Å². The van der Waals surface area contributed by atoms with E-state index >= 15 is 0 Å². The number of halogens is 1. The number of hydrogen-bond donors (Lipinski definition) is 0. The third-order valence-electron chi connectivity index (χ3n) is 4.32. The molecule has 1 heterocycles. The molecule has 10 heteroatoms. The summed E-state index contributed by atoms with van der Waals surface area (Å²) in [5.41, 5.74) is 0.546. The zero-order chi connectivity index (χ0) is 21.0. The van der Waals surface area contributed by atoms with Gasteiger partial charge in [-0.15, -0.1) is 0 Å². The third-order valence-corrected chi connectivity index (χ3v) is 4.32. The second-order valence-corrected chi connectivity index (χ2v) is 6.46. The number of rotatable bonds is 5. The van der Waals surface area contributed by atoms with Gasteiger partial charge in [-0.3, -0.25) is 19.9 Å². The first kappa shape index (κ1) is 20.2. The molecule has 152 valence electrons. The molecule has 9 nitrogen and oxygen atoms in total. The molecule has 1 unspecified atom stereocenters. The lowest BCUT2D eigenvalue weighted by Gasteiger charge is -2.23. The van der Waals surface area contributed by atoms with E-state index in [0.717, 1.165) is 0 Å². The summed E-state index contributed by atoms with van der Waals surface area (Å²) in [6.07, 6.45) is -1.47. The molecule has 0 radical (unpaired) electrons. The molecule has 2 aromatic rings. The summed E-state index contributed by atoms with van der Waals surface area (Å²) >= 11 is 0. The van der Waals surface area contributed by atoms with Gasteiger partial charge in [0.25, 0.3) is 5.69 Å². The van der Waals surface area contributed by atoms with Crippen LogP contribution in [-0.2, 0) is 16.0 Å². The number of likely N-dealkylation sites (N-methyl/N-ethyl adjacent to an activating group) is 1. The second-order valence-electron chi connectivity index (χ2n) is 6.46. The predicted octanol–water partition coefficient (Wildman–Crippen LogP) is 2.55. The van der Waals surface area contributed by atoms with Crippen LogP contribution >= 0.6 is 0 Å². The number of nitrogens with zero attached hydrogens (tertiary/aromatic N) is 3. The van der Waals surface area contributed by atoms with Gasteiger partial charge in [-0.1, -0.05) is 12.1 Å². The fraction of sp³-hybridized carbons (Fsp3) is 0.263. The molecule has 0 spiro atoms. The number of carbonyl (C=O) groups excluding carboxylic acids is 2. The summed E-state index contributed by atoms with van der Waals surface area (Å²) in [6.45, 7) is 0.455. The Morgan fingerprint density at radius 3 is 2.41 bits per heavy atom. The molecule has 29 heavy (non-hydrogen) atoms. The van der Waals surface area contributed by atoms with Crippen LogP contribution in [0.2, 0.25) is 0 Å². The van der Waals surface area contributed by atoms with Crippen molar-refractivity contribution in [3.05, 3.63) is 70.0 Å². The SMILES string of the molecule is CN1CC(OC(=O)Oc2ccc([N+](=O)[O-])cc2)CN1C(=O)Cc1ccc(F)cc1. The maximum absolute atomic E-state index is 13.0. The monoisotopic (exact) mass is 403 g/mol. The highest BCUT2D eigenvalue weighted by Gasteiger charge is 2.33. The Bertz CT molecular complexity index is 903. The van der Waals surface area contributed by atoms with Crippen LogP contribution in [0.5, 0.6) is 5.75 Å². The van der Waals surface area contributed by atoms with E-state index in [0.29, 0.717) is 12.1 Å². The summed E-state index contributed by atoms with van der Waals surface area (Å²) in [6, 6.07) is 10.7. The highest BCUT2D eigenvalue weighted by Crippen LogP contribution is 2.19. The Morgan fingerprint density at radius 2 is 1.79 bits per heavy atom. The van der Waals surface area contributed by atoms with E-state index < -0.39 is 17.2 Å². The van der Waals surface area contributed by atoms with Crippen molar-refractivity contribution in [1.82, 2.24) is 10.0 Å². The van der Waals surface area contributed by atoms with Gasteiger partial charge < -0.3 is 9.47 Å². The molecule has 0 N–H and O–H groups in total. The van der Waals surface area contributed by atoms with Gasteiger partial charge in [0, 0.05) is 19.2 Å². The first-order valence-corrected chi connectivity index (χ1v) is 8.70. The Morgan fingerprint density at radius 1 is 1.14 bits per heavy atom. The van der Waals surface area contributed by atoms with Crippen LogP contribution in [0.3, 0.4) is 0 Å². The van der Waals surface area contributed by atoms with Crippen LogP contribution in [0.1, 0.15) is 5.56 Å². The topological polar surface area (TPSA) is 102 Å². The number of ether oxygens (including phenoxy) is 2.